The van der Waals surface area contributed by atoms with Gasteiger partial charge in [-0.1, -0.05) is 29.8 Å². The summed E-state index contributed by atoms with van der Waals surface area (Å²) in [6, 6.07) is 13.6. The van der Waals surface area contributed by atoms with Gasteiger partial charge in [0.1, 0.15) is 4.21 Å². The molecule has 2 atom stereocenters. The summed E-state index contributed by atoms with van der Waals surface area (Å²) in [6.07, 6.45) is -1.66. The molecule has 1 saturated heterocycles. The van der Waals surface area contributed by atoms with E-state index in [2.05, 4.69) is 20.3 Å². The van der Waals surface area contributed by atoms with Gasteiger partial charge >= 0.3 is 6.18 Å². The Bertz CT molecular complexity index is 1700. The molecule has 0 spiro atoms. The molecule has 0 radical (unpaired) electrons. The van der Waals surface area contributed by atoms with E-state index < -0.39 is 27.8 Å². The van der Waals surface area contributed by atoms with Crippen LogP contribution in [0.3, 0.4) is 0 Å². The number of hydrogen-bond donors (Lipinski definition) is 1. The van der Waals surface area contributed by atoms with Crippen LogP contribution in [0.25, 0.3) is 11.3 Å². The first-order valence-corrected chi connectivity index (χ1v) is 16.1. The van der Waals surface area contributed by atoms with Crippen molar-refractivity contribution in [3.63, 3.8) is 0 Å². The van der Waals surface area contributed by atoms with Crippen molar-refractivity contribution in [1.29, 1.82) is 0 Å². The fraction of sp³-hybridized carbons (Fsp3) is 0.310. The number of aryl methyl sites for hydroxylation is 1. The molecule has 4 aromatic rings. The van der Waals surface area contributed by atoms with Gasteiger partial charge in [0.2, 0.25) is 5.95 Å². The molecular weight excluding hydrogens is 623 g/mol. The minimum atomic E-state index is -4.47. The maximum atomic E-state index is 13.3. The lowest BCUT2D eigenvalue weighted by molar-refractivity contribution is -0.137. The van der Waals surface area contributed by atoms with E-state index in [1.807, 2.05) is 19.1 Å². The van der Waals surface area contributed by atoms with Crippen LogP contribution >= 0.6 is 22.9 Å². The van der Waals surface area contributed by atoms with Gasteiger partial charge in [0.15, 0.2) is 5.78 Å². The van der Waals surface area contributed by atoms with Gasteiger partial charge < -0.3 is 5.32 Å². The Morgan fingerprint density at radius 3 is 2.56 bits per heavy atom. The predicted molar refractivity (Wildman–Crippen MR) is 158 cm³/mol. The van der Waals surface area contributed by atoms with Crippen molar-refractivity contribution >= 4 is 44.7 Å². The van der Waals surface area contributed by atoms with Gasteiger partial charge in [0.25, 0.3) is 10.0 Å². The van der Waals surface area contributed by atoms with Crippen LogP contribution in [0.1, 0.15) is 49.2 Å². The molecule has 1 aliphatic rings. The first kappa shape index (κ1) is 31.0. The number of aromatic nitrogens is 3. The zero-order chi connectivity index (χ0) is 30.8. The summed E-state index contributed by atoms with van der Waals surface area (Å²) in [6.45, 7) is 2.11. The predicted octanol–water partition coefficient (Wildman–Crippen LogP) is 6.80. The fourth-order valence-corrected chi connectivity index (χ4v) is 8.18. The number of thiophene rings is 1. The first-order valence-electron chi connectivity index (χ1n) is 13.4. The highest BCUT2D eigenvalue weighted by Crippen LogP contribution is 2.34. The van der Waals surface area contributed by atoms with E-state index in [-0.39, 0.29) is 41.4 Å². The van der Waals surface area contributed by atoms with Gasteiger partial charge in [-0.15, -0.1) is 11.3 Å². The topological polar surface area (TPSA) is 105 Å². The molecule has 1 fully saturated rings. The molecule has 5 rings (SSSR count). The molecule has 0 aliphatic carbocycles. The van der Waals surface area contributed by atoms with Crippen LogP contribution in [-0.2, 0) is 27.4 Å². The zero-order valence-corrected chi connectivity index (χ0v) is 25.3. The first-order chi connectivity index (χ1) is 20.4. The molecule has 0 unspecified atom stereocenters. The van der Waals surface area contributed by atoms with Crippen LogP contribution in [0.5, 0.6) is 0 Å². The second-order valence-electron chi connectivity index (χ2n) is 10.1. The van der Waals surface area contributed by atoms with E-state index in [1.165, 1.54) is 28.6 Å². The molecule has 1 aromatic carbocycles. The molecule has 43 heavy (non-hydrogen) atoms. The van der Waals surface area contributed by atoms with Crippen molar-refractivity contribution in [2.75, 3.05) is 11.9 Å². The molecule has 0 bridgehead atoms. The lowest BCUT2D eigenvalue weighted by atomic mass is 10.0. The number of anilines is 1. The van der Waals surface area contributed by atoms with Crippen molar-refractivity contribution < 1.29 is 26.4 Å². The minimum absolute atomic E-state index is 0.0145. The number of pyridine rings is 1. The van der Waals surface area contributed by atoms with Crippen LogP contribution in [-0.4, -0.2) is 46.0 Å². The summed E-state index contributed by atoms with van der Waals surface area (Å²) >= 11 is 6.90. The summed E-state index contributed by atoms with van der Waals surface area (Å²) in [7, 11) is -3.87. The number of halogens is 4. The zero-order valence-electron chi connectivity index (χ0n) is 22.9. The number of carbonyl (C=O) groups is 1. The Kier molecular flexibility index (Phi) is 9.16. The van der Waals surface area contributed by atoms with Gasteiger partial charge in [-0.05, 0) is 68.7 Å². The molecule has 14 heteroatoms. The summed E-state index contributed by atoms with van der Waals surface area (Å²) in [4.78, 5) is 26.8. The number of benzene rings is 1. The fourth-order valence-electron chi connectivity index (χ4n) is 4.89. The van der Waals surface area contributed by atoms with Crippen molar-refractivity contribution in [3.05, 3.63) is 88.1 Å². The Hall–Kier alpha value is -3.39. The Morgan fingerprint density at radius 2 is 1.91 bits per heavy atom. The molecule has 3 aromatic heterocycles. The molecule has 0 saturated carbocycles. The van der Waals surface area contributed by atoms with E-state index in [1.54, 1.807) is 18.3 Å². The number of sulfonamides is 1. The SMILES string of the molecule is C[C@@H](Nc1nc(CCC(=O)[C@@H]2CCCN2S(=O)(=O)c2ccc(Cl)s2)cc(-c2ccc(C(F)(F)F)cc2)n1)c1ccccn1. The number of rotatable bonds is 10. The van der Waals surface area contributed by atoms with Crippen molar-refractivity contribution in [2.45, 2.75) is 55.1 Å². The maximum Gasteiger partial charge on any atom is 0.416 e. The highest BCUT2D eigenvalue weighted by atomic mass is 35.5. The lowest BCUT2D eigenvalue weighted by Gasteiger charge is -2.22. The van der Waals surface area contributed by atoms with Crippen molar-refractivity contribution in [2.24, 2.45) is 0 Å². The van der Waals surface area contributed by atoms with Crippen LogP contribution < -0.4 is 5.32 Å². The van der Waals surface area contributed by atoms with Gasteiger partial charge in [-0.2, -0.15) is 17.5 Å². The van der Waals surface area contributed by atoms with E-state index >= 15 is 0 Å². The second-order valence-corrected chi connectivity index (χ2v) is 13.9. The lowest BCUT2D eigenvalue weighted by Crippen LogP contribution is -2.40. The third-order valence-corrected chi connectivity index (χ3v) is 10.7. The molecule has 226 valence electrons. The number of hydrogen-bond acceptors (Lipinski definition) is 8. The largest absolute Gasteiger partial charge is 0.416 e. The molecule has 0 amide bonds. The average molecular weight is 650 g/mol. The number of nitrogens with one attached hydrogen (secondary N) is 1. The number of alkyl halides is 3. The van der Waals surface area contributed by atoms with E-state index in [0.717, 1.165) is 29.2 Å². The second kappa shape index (κ2) is 12.7. The normalized spacial score (nSPS) is 16.7. The average Bonchev–Trinajstić information content (AvgIpc) is 3.66. The van der Waals surface area contributed by atoms with E-state index in [4.69, 9.17) is 11.6 Å². The highest BCUT2D eigenvalue weighted by molar-refractivity contribution is 7.91. The molecule has 8 nitrogen and oxygen atoms in total. The molecule has 1 aliphatic heterocycles. The van der Waals surface area contributed by atoms with Gasteiger partial charge in [0, 0.05) is 30.4 Å². The van der Waals surface area contributed by atoms with Crippen LogP contribution in [0.4, 0.5) is 19.1 Å². The summed E-state index contributed by atoms with van der Waals surface area (Å²) in [5.74, 6) is -0.0209. The Balaban J connectivity index is 1.38. The number of carbonyl (C=O) groups excluding carboxylic acids is 1. The molecular formula is C29H27ClF3N5O3S2. The maximum absolute atomic E-state index is 13.3. The van der Waals surface area contributed by atoms with Gasteiger partial charge in [-0.3, -0.25) is 9.78 Å². The quantitative estimate of drug-likeness (QED) is 0.201. The third kappa shape index (κ3) is 7.23. The van der Waals surface area contributed by atoms with Crippen LogP contribution in [0.2, 0.25) is 4.34 Å². The van der Waals surface area contributed by atoms with Crippen LogP contribution in [0.15, 0.2) is 71.1 Å². The van der Waals surface area contributed by atoms with E-state index in [9.17, 15) is 26.4 Å². The summed E-state index contributed by atoms with van der Waals surface area (Å²) in [5, 5.41) is 3.19. The highest BCUT2D eigenvalue weighted by Gasteiger charge is 2.39. The van der Waals surface area contributed by atoms with Crippen LogP contribution in [0, 0.1) is 0 Å². The van der Waals surface area contributed by atoms with Crippen molar-refractivity contribution in [1.82, 2.24) is 19.3 Å². The molecule has 4 heterocycles. The van der Waals surface area contributed by atoms with E-state index in [0.29, 0.717) is 34.1 Å². The monoisotopic (exact) mass is 649 g/mol. The Labute approximate surface area is 256 Å². The number of ketones is 1. The number of nitrogens with zero attached hydrogens (tertiary/aromatic N) is 4. The van der Waals surface area contributed by atoms with Gasteiger partial charge in [0.05, 0.1) is 33.4 Å². The number of Topliss-reactive ketones (excluding diaryl/α,β-unsaturated/α-hetero) is 1. The Morgan fingerprint density at radius 1 is 1.14 bits per heavy atom. The third-order valence-electron chi connectivity index (χ3n) is 7.08. The standard InChI is InChI=1S/C29H27ClF3N5O3S2/c1-18(22-5-2-3-15-34-22)35-28-36-21(17-23(37-28)19-7-9-20(10-8-19)29(31,32)33)11-12-25(39)24-6-4-16-38(24)43(40,41)27-14-13-26(30)42-27/h2-3,5,7-10,13-15,17-18,24H,4,6,11-12,16H2,1H3,(H,35,36,37)/t18-,24+/m1/s1. The smallest absolute Gasteiger partial charge is 0.346 e. The molecule has 1 N–H and O–H groups in total. The van der Waals surface area contributed by atoms with Gasteiger partial charge in [-0.25, -0.2) is 18.4 Å². The summed E-state index contributed by atoms with van der Waals surface area (Å²) in [5.41, 5.74) is 1.25. The van der Waals surface area contributed by atoms with Crippen molar-refractivity contribution in [3.8, 4) is 11.3 Å². The summed E-state index contributed by atoms with van der Waals surface area (Å²) < 4.78 is 67.5. The minimum Gasteiger partial charge on any atom is -0.346 e.